The number of amides is 1. The van der Waals surface area contributed by atoms with E-state index in [9.17, 15) is 4.79 Å². The van der Waals surface area contributed by atoms with Gasteiger partial charge in [0.05, 0.1) is 23.0 Å². The lowest BCUT2D eigenvalue weighted by Crippen LogP contribution is -2.43. The van der Waals surface area contributed by atoms with E-state index < -0.39 is 0 Å². The van der Waals surface area contributed by atoms with E-state index in [0.717, 1.165) is 46.6 Å². The van der Waals surface area contributed by atoms with Crippen LogP contribution in [-0.4, -0.2) is 43.5 Å². The van der Waals surface area contributed by atoms with Gasteiger partial charge in [-0.3, -0.25) is 9.36 Å². The van der Waals surface area contributed by atoms with Gasteiger partial charge in [0.1, 0.15) is 29.3 Å². The van der Waals surface area contributed by atoms with Crippen LogP contribution in [0.4, 0.5) is 5.82 Å². The molecule has 4 aromatic heterocycles. The Morgan fingerprint density at radius 3 is 3.03 bits per heavy atom. The molecule has 0 radical (unpaired) electrons. The minimum Gasteiger partial charge on any atom is -0.356 e. The highest BCUT2D eigenvalue weighted by Gasteiger charge is 2.27. The molecule has 164 valence electrons. The van der Waals surface area contributed by atoms with Crippen molar-refractivity contribution < 1.29 is 4.79 Å². The third-order valence-electron chi connectivity index (χ3n) is 5.57. The number of aryl methyl sites for hydroxylation is 1. The molecule has 1 N–H and O–H groups in total. The van der Waals surface area contributed by atoms with Crippen LogP contribution in [0.5, 0.6) is 0 Å². The average molecular weight is 466 g/mol. The molecule has 5 rings (SSSR count). The first kappa shape index (κ1) is 20.8. The molecular weight excluding hydrogens is 442 g/mol. The van der Waals surface area contributed by atoms with Gasteiger partial charge in [0, 0.05) is 36.4 Å². The van der Waals surface area contributed by atoms with Gasteiger partial charge in [0.15, 0.2) is 0 Å². The summed E-state index contributed by atoms with van der Waals surface area (Å²) in [6.07, 6.45) is 8.67. The van der Waals surface area contributed by atoms with Crippen LogP contribution in [0.3, 0.4) is 0 Å². The largest absolute Gasteiger partial charge is 0.356 e. The zero-order chi connectivity index (χ0) is 21.9. The maximum atomic E-state index is 13.0. The number of nitrogens with one attached hydrogen (secondary N) is 1. The first-order valence-corrected chi connectivity index (χ1v) is 12.2. The summed E-state index contributed by atoms with van der Waals surface area (Å²) in [6.45, 7) is 4.05. The molecule has 0 aliphatic carbocycles. The summed E-state index contributed by atoms with van der Waals surface area (Å²) in [5.74, 6) is 1.62. The Morgan fingerprint density at radius 2 is 2.22 bits per heavy atom. The molecule has 1 unspecified atom stereocenters. The number of rotatable bonds is 6. The molecule has 0 aromatic carbocycles. The van der Waals surface area contributed by atoms with Gasteiger partial charge < -0.3 is 10.2 Å². The summed E-state index contributed by atoms with van der Waals surface area (Å²) in [4.78, 5) is 34.9. The van der Waals surface area contributed by atoms with Crippen LogP contribution < -0.4 is 10.2 Å². The van der Waals surface area contributed by atoms with Gasteiger partial charge in [-0.05, 0) is 31.2 Å². The summed E-state index contributed by atoms with van der Waals surface area (Å²) in [5.41, 5.74) is 0.983. The van der Waals surface area contributed by atoms with E-state index in [2.05, 4.69) is 41.6 Å². The fourth-order valence-corrected chi connectivity index (χ4v) is 5.65. The van der Waals surface area contributed by atoms with Crippen LogP contribution >= 0.6 is 22.7 Å². The van der Waals surface area contributed by atoms with Crippen molar-refractivity contribution in [1.29, 1.82) is 0 Å². The van der Waals surface area contributed by atoms with Gasteiger partial charge in [-0.15, -0.1) is 22.7 Å². The molecule has 0 saturated carbocycles. The van der Waals surface area contributed by atoms with E-state index in [1.165, 1.54) is 4.88 Å². The molecule has 32 heavy (non-hydrogen) atoms. The first-order valence-electron chi connectivity index (χ1n) is 10.5. The number of anilines is 1. The molecule has 8 nitrogen and oxygen atoms in total. The molecule has 4 aromatic rings. The van der Waals surface area contributed by atoms with Crippen LogP contribution in [0.25, 0.3) is 15.7 Å². The minimum atomic E-state index is -0.0691. The minimum absolute atomic E-state index is 0.0691. The van der Waals surface area contributed by atoms with Crippen molar-refractivity contribution in [3.05, 3.63) is 59.2 Å². The highest BCUT2D eigenvalue weighted by Crippen LogP contribution is 2.31. The molecule has 1 saturated heterocycles. The first-order chi connectivity index (χ1) is 15.7. The zero-order valence-electron chi connectivity index (χ0n) is 17.6. The van der Waals surface area contributed by atoms with Crippen molar-refractivity contribution in [2.24, 2.45) is 5.92 Å². The van der Waals surface area contributed by atoms with E-state index >= 15 is 0 Å². The van der Waals surface area contributed by atoms with E-state index in [4.69, 9.17) is 0 Å². The Bertz CT molecular complexity index is 1190. The topological polar surface area (TPSA) is 88.8 Å². The van der Waals surface area contributed by atoms with Crippen LogP contribution in [0.15, 0.2) is 48.6 Å². The van der Waals surface area contributed by atoms with E-state index in [0.29, 0.717) is 13.1 Å². The normalized spacial score (nSPS) is 16.3. The molecule has 0 bridgehead atoms. The maximum absolute atomic E-state index is 13.0. The number of imidazole rings is 1. The van der Waals surface area contributed by atoms with Gasteiger partial charge in [-0.1, -0.05) is 6.07 Å². The Labute approximate surface area is 194 Å². The standard InChI is InChI=1S/C22H23N7OS2/c1-15-18(32-22(27-15)17-5-3-9-31-17)11-24-21(30)16-4-2-7-28(12-16)19-10-20(26-13-25-19)29-8-6-23-14-29/h3,5-6,8-10,13-14,16H,2,4,7,11-12H2,1H3,(H,24,30). The number of thiophene rings is 1. The molecule has 1 fully saturated rings. The molecular formula is C22H23N7OS2. The predicted molar refractivity (Wildman–Crippen MR) is 126 cm³/mol. The highest BCUT2D eigenvalue weighted by molar-refractivity contribution is 7.21. The Kier molecular flexibility index (Phi) is 5.95. The lowest BCUT2D eigenvalue weighted by Gasteiger charge is -2.32. The number of aromatic nitrogens is 5. The third kappa shape index (κ3) is 4.42. The van der Waals surface area contributed by atoms with Gasteiger partial charge in [0.25, 0.3) is 0 Å². The van der Waals surface area contributed by atoms with Crippen LogP contribution in [0, 0.1) is 12.8 Å². The second-order valence-electron chi connectivity index (χ2n) is 7.71. The molecule has 1 aliphatic heterocycles. The average Bonchev–Trinajstić information content (AvgIpc) is 3.60. The number of hydrogen-bond donors (Lipinski definition) is 1. The molecule has 10 heteroatoms. The van der Waals surface area contributed by atoms with Crippen molar-refractivity contribution >= 4 is 34.4 Å². The van der Waals surface area contributed by atoms with Gasteiger partial charge in [-0.2, -0.15) is 0 Å². The smallest absolute Gasteiger partial charge is 0.225 e. The molecule has 1 amide bonds. The van der Waals surface area contributed by atoms with E-state index in [-0.39, 0.29) is 11.8 Å². The third-order valence-corrected chi connectivity index (χ3v) is 7.77. The Morgan fingerprint density at radius 1 is 1.31 bits per heavy atom. The van der Waals surface area contributed by atoms with Crippen molar-refractivity contribution in [2.45, 2.75) is 26.3 Å². The number of nitrogens with zero attached hydrogens (tertiary/aromatic N) is 6. The number of carbonyl (C=O) groups is 1. The number of hydrogen-bond acceptors (Lipinski definition) is 8. The quantitative estimate of drug-likeness (QED) is 0.467. The van der Waals surface area contributed by atoms with Crippen LogP contribution in [0.2, 0.25) is 0 Å². The SMILES string of the molecule is Cc1nc(-c2cccs2)sc1CNC(=O)C1CCCN(c2cc(-n3ccnc3)ncn2)C1. The predicted octanol–water partition coefficient (Wildman–Crippen LogP) is 3.69. The van der Waals surface area contributed by atoms with Gasteiger partial charge in [0.2, 0.25) is 5.91 Å². The Hall–Kier alpha value is -3.11. The number of carbonyl (C=O) groups excluding carboxylic acids is 1. The van der Waals surface area contributed by atoms with Crippen LogP contribution in [0.1, 0.15) is 23.4 Å². The number of piperidine rings is 1. The molecule has 5 heterocycles. The summed E-state index contributed by atoms with van der Waals surface area (Å²) < 4.78 is 1.85. The van der Waals surface area contributed by atoms with Crippen molar-refractivity contribution in [1.82, 2.24) is 29.8 Å². The zero-order valence-corrected chi connectivity index (χ0v) is 19.3. The molecule has 1 atom stereocenters. The van der Waals surface area contributed by atoms with Crippen molar-refractivity contribution in [2.75, 3.05) is 18.0 Å². The monoisotopic (exact) mass is 465 g/mol. The molecule has 1 aliphatic rings. The van der Waals surface area contributed by atoms with E-state index in [1.807, 2.05) is 29.8 Å². The van der Waals surface area contributed by atoms with Crippen molar-refractivity contribution in [3.8, 4) is 15.7 Å². The van der Waals surface area contributed by atoms with Gasteiger partial charge >= 0.3 is 0 Å². The van der Waals surface area contributed by atoms with Gasteiger partial charge in [-0.25, -0.2) is 19.9 Å². The summed E-state index contributed by atoms with van der Waals surface area (Å²) >= 11 is 3.34. The second kappa shape index (κ2) is 9.17. The summed E-state index contributed by atoms with van der Waals surface area (Å²) in [7, 11) is 0. The highest BCUT2D eigenvalue weighted by atomic mass is 32.1. The number of thiazole rings is 1. The fourth-order valence-electron chi connectivity index (χ4n) is 3.85. The van der Waals surface area contributed by atoms with Crippen LogP contribution in [-0.2, 0) is 11.3 Å². The molecule has 0 spiro atoms. The van der Waals surface area contributed by atoms with E-state index in [1.54, 1.807) is 41.5 Å². The van der Waals surface area contributed by atoms with Crippen molar-refractivity contribution in [3.63, 3.8) is 0 Å². The fraction of sp³-hybridized carbons (Fsp3) is 0.318. The second-order valence-corrected chi connectivity index (χ2v) is 9.74. The lowest BCUT2D eigenvalue weighted by molar-refractivity contribution is -0.125. The summed E-state index contributed by atoms with van der Waals surface area (Å²) in [6, 6.07) is 6.05. The Balaban J connectivity index is 1.22. The maximum Gasteiger partial charge on any atom is 0.225 e. The summed E-state index contributed by atoms with van der Waals surface area (Å²) in [5, 5.41) is 6.21. The lowest BCUT2D eigenvalue weighted by atomic mass is 9.97.